The normalized spacial score (nSPS) is 27.3. The fraction of sp³-hybridized carbons (Fsp3) is 0.647. The Morgan fingerprint density at radius 2 is 1.90 bits per heavy atom. The molecule has 2 atom stereocenters. The van der Waals surface area contributed by atoms with E-state index >= 15 is 0 Å². The van der Waals surface area contributed by atoms with Gasteiger partial charge in [-0.2, -0.15) is 0 Å². The molecule has 3 N–H and O–H groups in total. The molecule has 1 heterocycles. The van der Waals surface area contributed by atoms with Gasteiger partial charge in [0.05, 0.1) is 0 Å². The van der Waals surface area contributed by atoms with Crippen LogP contribution in [0.5, 0.6) is 5.75 Å². The van der Waals surface area contributed by atoms with Gasteiger partial charge in [-0.15, -0.1) is 0 Å². The molecule has 2 unspecified atom stereocenters. The van der Waals surface area contributed by atoms with Crippen molar-refractivity contribution in [2.24, 2.45) is 11.7 Å². The number of nitrogens with zero attached hydrogens (tertiary/aromatic N) is 1. The van der Waals surface area contributed by atoms with E-state index in [1.807, 2.05) is 6.07 Å². The molecule has 1 saturated heterocycles. The highest BCUT2D eigenvalue weighted by Crippen LogP contribution is 2.40. The Hall–Kier alpha value is -1.06. The Morgan fingerprint density at radius 3 is 2.55 bits per heavy atom. The molecule has 110 valence electrons. The molecular formula is C17H26N2O. The number of phenols is 1. The monoisotopic (exact) mass is 274 g/mol. The Balaban J connectivity index is 1.92. The number of phenolic OH excluding ortho intramolecular Hbond substituents is 1. The summed E-state index contributed by atoms with van der Waals surface area (Å²) >= 11 is 0. The van der Waals surface area contributed by atoms with Crippen molar-refractivity contribution in [1.29, 1.82) is 0 Å². The highest BCUT2D eigenvalue weighted by atomic mass is 16.3. The van der Waals surface area contributed by atoms with E-state index in [1.165, 1.54) is 36.8 Å². The third-order valence-corrected chi connectivity index (χ3v) is 5.07. The molecule has 2 aliphatic rings. The minimum atomic E-state index is 0.331. The maximum Gasteiger partial charge on any atom is 0.120 e. The third kappa shape index (κ3) is 2.57. The van der Waals surface area contributed by atoms with Crippen LogP contribution in [0.2, 0.25) is 0 Å². The van der Waals surface area contributed by atoms with Gasteiger partial charge >= 0.3 is 0 Å². The van der Waals surface area contributed by atoms with E-state index in [0.717, 1.165) is 31.5 Å². The highest BCUT2D eigenvalue weighted by Gasteiger charge is 2.31. The number of hydrogen-bond donors (Lipinski definition) is 2. The first-order valence-electron chi connectivity index (χ1n) is 7.94. The first kappa shape index (κ1) is 13.9. The van der Waals surface area contributed by atoms with Crippen LogP contribution in [0.15, 0.2) is 12.1 Å². The molecule has 3 nitrogen and oxygen atoms in total. The van der Waals surface area contributed by atoms with Gasteiger partial charge in [-0.3, -0.25) is 4.90 Å². The molecule has 0 bridgehead atoms. The number of likely N-dealkylation sites (tertiary alicyclic amines) is 1. The summed E-state index contributed by atoms with van der Waals surface area (Å²) in [7, 11) is 2.14. The molecule has 1 aromatic rings. The molecule has 1 aliphatic heterocycles. The van der Waals surface area contributed by atoms with Crippen LogP contribution in [-0.2, 0) is 12.8 Å². The van der Waals surface area contributed by atoms with Gasteiger partial charge in [-0.1, -0.05) is 12.5 Å². The zero-order valence-corrected chi connectivity index (χ0v) is 12.4. The van der Waals surface area contributed by atoms with Crippen LogP contribution in [0, 0.1) is 5.92 Å². The van der Waals surface area contributed by atoms with Crippen molar-refractivity contribution in [2.45, 2.75) is 44.6 Å². The minimum Gasteiger partial charge on any atom is -0.508 e. The molecule has 1 aliphatic carbocycles. The van der Waals surface area contributed by atoms with Crippen LogP contribution >= 0.6 is 0 Å². The molecule has 0 saturated carbocycles. The Bertz CT molecular complexity index is 486. The molecule has 0 aromatic heterocycles. The van der Waals surface area contributed by atoms with E-state index in [1.54, 1.807) is 0 Å². The summed E-state index contributed by atoms with van der Waals surface area (Å²) in [6.07, 6.45) is 7.20. The molecule has 1 aromatic carbocycles. The lowest BCUT2D eigenvalue weighted by Gasteiger charge is -2.22. The largest absolute Gasteiger partial charge is 0.508 e. The number of fused-ring (bicyclic) bond motifs is 1. The van der Waals surface area contributed by atoms with Gasteiger partial charge in [0, 0.05) is 18.2 Å². The van der Waals surface area contributed by atoms with Crippen LogP contribution in [0.1, 0.15) is 48.4 Å². The second-order valence-electron chi connectivity index (χ2n) is 6.53. The average Bonchev–Trinajstić information content (AvgIpc) is 2.66. The summed E-state index contributed by atoms with van der Waals surface area (Å²) in [5.74, 6) is 1.04. The van der Waals surface area contributed by atoms with E-state index in [2.05, 4.69) is 18.0 Å². The van der Waals surface area contributed by atoms with Crippen LogP contribution in [0.3, 0.4) is 0 Å². The van der Waals surface area contributed by atoms with Crippen LogP contribution in [-0.4, -0.2) is 30.1 Å². The number of aryl methyl sites for hydroxylation is 2. The number of benzene rings is 1. The standard InChI is InChI=1S/C17H26N2O/c1-19-11-12(10-18)7-16(19)15-8-13-5-3-2-4-6-14(13)9-17(15)20/h8-9,12,16,20H,2-7,10-11,18H2,1H3. The summed E-state index contributed by atoms with van der Waals surface area (Å²) in [4.78, 5) is 2.34. The summed E-state index contributed by atoms with van der Waals surface area (Å²) in [5.41, 5.74) is 9.75. The molecule has 20 heavy (non-hydrogen) atoms. The van der Waals surface area contributed by atoms with Gasteiger partial charge in [0.1, 0.15) is 5.75 Å². The van der Waals surface area contributed by atoms with Gasteiger partial charge in [-0.25, -0.2) is 0 Å². The van der Waals surface area contributed by atoms with E-state index in [0.29, 0.717) is 17.7 Å². The lowest BCUT2D eigenvalue weighted by Crippen LogP contribution is -2.20. The zero-order valence-electron chi connectivity index (χ0n) is 12.4. The number of hydrogen-bond acceptors (Lipinski definition) is 3. The number of rotatable bonds is 2. The first-order valence-corrected chi connectivity index (χ1v) is 7.94. The molecule has 1 fully saturated rings. The molecule has 3 heteroatoms. The van der Waals surface area contributed by atoms with Crippen molar-refractivity contribution in [3.05, 3.63) is 28.8 Å². The molecule has 0 amide bonds. The third-order valence-electron chi connectivity index (χ3n) is 5.07. The van der Waals surface area contributed by atoms with Crippen LogP contribution in [0.25, 0.3) is 0 Å². The second-order valence-corrected chi connectivity index (χ2v) is 6.53. The minimum absolute atomic E-state index is 0.331. The van der Waals surface area contributed by atoms with E-state index in [4.69, 9.17) is 5.73 Å². The van der Waals surface area contributed by atoms with Crippen molar-refractivity contribution in [3.8, 4) is 5.75 Å². The zero-order chi connectivity index (χ0) is 14.1. The van der Waals surface area contributed by atoms with Crippen molar-refractivity contribution in [1.82, 2.24) is 4.90 Å². The summed E-state index contributed by atoms with van der Waals surface area (Å²) < 4.78 is 0. The quantitative estimate of drug-likeness (QED) is 0.815. The summed E-state index contributed by atoms with van der Waals surface area (Å²) in [5, 5.41) is 10.4. The maximum atomic E-state index is 10.4. The lowest BCUT2D eigenvalue weighted by atomic mass is 9.93. The van der Waals surface area contributed by atoms with Gasteiger partial charge in [0.2, 0.25) is 0 Å². The SMILES string of the molecule is CN1CC(CN)CC1c1cc2c(cc1O)CCCCC2. The molecule has 0 radical (unpaired) electrons. The fourth-order valence-corrected chi connectivity index (χ4v) is 3.88. The first-order chi connectivity index (χ1) is 9.69. The van der Waals surface area contributed by atoms with Crippen LogP contribution < -0.4 is 5.73 Å². The summed E-state index contributed by atoms with van der Waals surface area (Å²) in [6, 6.07) is 4.63. The van der Waals surface area contributed by atoms with Gasteiger partial charge in [-0.05, 0) is 68.8 Å². The van der Waals surface area contributed by atoms with Crippen LogP contribution in [0.4, 0.5) is 0 Å². The number of aromatic hydroxyl groups is 1. The Kier molecular flexibility index (Phi) is 3.99. The Labute approximate surface area is 121 Å². The van der Waals surface area contributed by atoms with E-state index in [9.17, 15) is 5.11 Å². The van der Waals surface area contributed by atoms with Gasteiger partial charge < -0.3 is 10.8 Å². The summed E-state index contributed by atoms with van der Waals surface area (Å²) in [6.45, 7) is 1.78. The molecule has 3 rings (SSSR count). The predicted molar refractivity (Wildman–Crippen MR) is 81.9 cm³/mol. The average molecular weight is 274 g/mol. The van der Waals surface area contributed by atoms with Crippen molar-refractivity contribution in [3.63, 3.8) is 0 Å². The fourth-order valence-electron chi connectivity index (χ4n) is 3.88. The van der Waals surface area contributed by atoms with Gasteiger partial charge in [0.25, 0.3) is 0 Å². The Morgan fingerprint density at radius 1 is 1.20 bits per heavy atom. The molecular weight excluding hydrogens is 248 g/mol. The number of nitrogens with two attached hydrogens (primary N) is 1. The predicted octanol–water partition coefficient (Wildman–Crippen LogP) is 2.61. The van der Waals surface area contributed by atoms with Crippen molar-refractivity contribution < 1.29 is 5.11 Å². The van der Waals surface area contributed by atoms with E-state index in [-0.39, 0.29) is 0 Å². The van der Waals surface area contributed by atoms with Crippen molar-refractivity contribution in [2.75, 3.05) is 20.1 Å². The second kappa shape index (κ2) is 5.74. The smallest absolute Gasteiger partial charge is 0.120 e. The maximum absolute atomic E-state index is 10.4. The topological polar surface area (TPSA) is 49.5 Å². The lowest BCUT2D eigenvalue weighted by molar-refractivity contribution is 0.305. The van der Waals surface area contributed by atoms with Crippen molar-refractivity contribution >= 4 is 0 Å². The van der Waals surface area contributed by atoms with E-state index < -0.39 is 0 Å². The highest BCUT2D eigenvalue weighted by molar-refractivity contribution is 5.44. The van der Waals surface area contributed by atoms with Gasteiger partial charge in [0.15, 0.2) is 0 Å². The molecule has 0 spiro atoms.